The van der Waals surface area contributed by atoms with Crippen molar-refractivity contribution in [3.05, 3.63) is 42.0 Å². The van der Waals surface area contributed by atoms with Crippen molar-refractivity contribution in [3.8, 4) is 5.75 Å². The SMILES string of the molecule is C=CCOc1ccc([C@@](O)(C(=O)OCC)C(F)(F)F)cc1C. The van der Waals surface area contributed by atoms with Gasteiger partial charge in [-0.05, 0) is 31.5 Å². The monoisotopic (exact) mass is 318 g/mol. The summed E-state index contributed by atoms with van der Waals surface area (Å²) in [5, 5.41) is 9.95. The van der Waals surface area contributed by atoms with Gasteiger partial charge >= 0.3 is 12.1 Å². The number of hydrogen-bond acceptors (Lipinski definition) is 4. The van der Waals surface area contributed by atoms with Crippen molar-refractivity contribution >= 4 is 5.97 Å². The smallest absolute Gasteiger partial charge is 0.432 e. The Kier molecular flexibility index (Phi) is 5.59. The van der Waals surface area contributed by atoms with Crippen molar-refractivity contribution in [2.45, 2.75) is 25.6 Å². The van der Waals surface area contributed by atoms with Gasteiger partial charge in [0.25, 0.3) is 5.60 Å². The van der Waals surface area contributed by atoms with Crippen LogP contribution in [0, 0.1) is 6.92 Å². The fraction of sp³-hybridized carbons (Fsp3) is 0.400. The number of aryl methyl sites for hydroxylation is 1. The lowest BCUT2D eigenvalue weighted by Crippen LogP contribution is -2.50. The summed E-state index contributed by atoms with van der Waals surface area (Å²) in [6, 6.07) is 3.28. The highest BCUT2D eigenvalue weighted by Crippen LogP contribution is 2.41. The Morgan fingerprint density at radius 2 is 2.05 bits per heavy atom. The Bertz CT molecular complexity index is 554. The fourth-order valence-electron chi connectivity index (χ4n) is 1.82. The molecule has 0 saturated carbocycles. The lowest BCUT2D eigenvalue weighted by Gasteiger charge is -2.28. The van der Waals surface area contributed by atoms with Crippen molar-refractivity contribution in [1.29, 1.82) is 0 Å². The van der Waals surface area contributed by atoms with Crippen molar-refractivity contribution in [1.82, 2.24) is 0 Å². The third-order valence-corrected chi connectivity index (χ3v) is 2.93. The number of alkyl halides is 3. The van der Waals surface area contributed by atoms with Crippen LogP contribution in [0.1, 0.15) is 18.1 Å². The molecule has 0 aliphatic heterocycles. The zero-order chi connectivity index (χ0) is 17.0. The van der Waals surface area contributed by atoms with Crippen LogP contribution in [0.25, 0.3) is 0 Å². The Balaban J connectivity index is 3.30. The van der Waals surface area contributed by atoms with E-state index >= 15 is 0 Å². The normalized spacial score (nSPS) is 14.1. The summed E-state index contributed by atoms with van der Waals surface area (Å²) in [4.78, 5) is 11.6. The molecule has 22 heavy (non-hydrogen) atoms. The predicted octanol–water partition coefficient (Wildman–Crippen LogP) is 2.87. The third-order valence-electron chi connectivity index (χ3n) is 2.93. The average molecular weight is 318 g/mol. The first-order valence-electron chi connectivity index (χ1n) is 6.49. The van der Waals surface area contributed by atoms with Gasteiger partial charge in [-0.1, -0.05) is 18.7 Å². The standard InChI is InChI=1S/C15H17F3O4/c1-4-8-22-12-7-6-11(9-10(12)3)14(20,15(16,17)18)13(19)21-5-2/h4,6-7,9,20H,1,5,8H2,2-3H3/t14-/m1/s1. The summed E-state index contributed by atoms with van der Waals surface area (Å²) in [6.45, 7) is 6.22. The molecule has 0 bridgehead atoms. The number of benzene rings is 1. The van der Waals surface area contributed by atoms with Crippen LogP contribution in [0.2, 0.25) is 0 Å². The van der Waals surface area contributed by atoms with E-state index in [0.29, 0.717) is 11.3 Å². The molecule has 4 nitrogen and oxygen atoms in total. The number of hydrogen-bond donors (Lipinski definition) is 1. The minimum absolute atomic E-state index is 0.182. The van der Waals surface area contributed by atoms with Crippen LogP contribution < -0.4 is 4.74 Å². The maximum Gasteiger partial charge on any atom is 0.432 e. The van der Waals surface area contributed by atoms with E-state index in [1.807, 2.05) is 0 Å². The van der Waals surface area contributed by atoms with E-state index in [-0.39, 0.29) is 13.2 Å². The van der Waals surface area contributed by atoms with Gasteiger partial charge in [0.2, 0.25) is 0 Å². The van der Waals surface area contributed by atoms with Crippen molar-refractivity contribution in [3.63, 3.8) is 0 Å². The van der Waals surface area contributed by atoms with Crippen LogP contribution in [-0.4, -0.2) is 30.5 Å². The molecule has 1 N–H and O–H groups in total. The summed E-state index contributed by atoms with van der Waals surface area (Å²) in [7, 11) is 0. The van der Waals surface area contributed by atoms with Crippen LogP contribution in [0.3, 0.4) is 0 Å². The van der Waals surface area contributed by atoms with Gasteiger partial charge in [-0.15, -0.1) is 0 Å². The Morgan fingerprint density at radius 3 is 2.50 bits per heavy atom. The number of aliphatic hydroxyl groups is 1. The van der Waals surface area contributed by atoms with Crippen molar-refractivity contribution < 1.29 is 32.5 Å². The topological polar surface area (TPSA) is 55.8 Å². The second-order valence-corrected chi connectivity index (χ2v) is 4.51. The van der Waals surface area contributed by atoms with E-state index in [1.165, 1.54) is 26.0 Å². The Morgan fingerprint density at radius 1 is 1.41 bits per heavy atom. The summed E-state index contributed by atoms with van der Waals surface area (Å²) in [6.07, 6.45) is -3.73. The molecule has 0 amide bonds. The summed E-state index contributed by atoms with van der Waals surface area (Å²) in [5.41, 5.74) is -4.00. The lowest BCUT2D eigenvalue weighted by atomic mass is 9.91. The minimum atomic E-state index is -5.21. The number of esters is 1. The van der Waals surface area contributed by atoms with Crippen molar-refractivity contribution in [2.75, 3.05) is 13.2 Å². The lowest BCUT2D eigenvalue weighted by molar-refractivity contribution is -0.267. The van der Waals surface area contributed by atoms with Gasteiger partial charge in [0.05, 0.1) is 6.61 Å². The fourth-order valence-corrected chi connectivity index (χ4v) is 1.82. The van der Waals surface area contributed by atoms with Crippen LogP contribution in [0.4, 0.5) is 13.2 Å². The molecule has 0 aliphatic rings. The number of rotatable bonds is 6. The van der Waals surface area contributed by atoms with Gasteiger partial charge in [-0.2, -0.15) is 13.2 Å². The molecule has 0 radical (unpaired) electrons. The molecule has 122 valence electrons. The van der Waals surface area contributed by atoms with Crippen LogP contribution >= 0.6 is 0 Å². The number of halogens is 3. The van der Waals surface area contributed by atoms with E-state index in [0.717, 1.165) is 12.1 Å². The van der Waals surface area contributed by atoms with Crippen LogP contribution in [0.5, 0.6) is 5.75 Å². The minimum Gasteiger partial charge on any atom is -0.489 e. The number of carbonyl (C=O) groups excluding carboxylic acids is 1. The summed E-state index contributed by atoms with van der Waals surface area (Å²) < 4.78 is 49.2. The first kappa shape index (κ1) is 18.0. The number of ether oxygens (including phenoxy) is 2. The maximum absolute atomic E-state index is 13.2. The summed E-state index contributed by atoms with van der Waals surface area (Å²) >= 11 is 0. The molecule has 0 spiro atoms. The Hall–Kier alpha value is -2.02. The highest BCUT2D eigenvalue weighted by Gasteiger charge is 2.62. The summed E-state index contributed by atoms with van der Waals surface area (Å²) in [5.74, 6) is -1.43. The molecule has 0 saturated heterocycles. The number of carbonyl (C=O) groups is 1. The first-order valence-corrected chi connectivity index (χ1v) is 6.49. The molecule has 1 aromatic rings. The third kappa shape index (κ3) is 3.41. The second-order valence-electron chi connectivity index (χ2n) is 4.51. The first-order chi connectivity index (χ1) is 10.2. The van der Waals surface area contributed by atoms with Gasteiger partial charge in [0.1, 0.15) is 12.4 Å². The quantitative estimate of drug-likeness (QED) is 0.647. The zero-order valence-electron chi connectivity index (χ0n) is 12.2. The van der Waals surface area contributed by atoms with Gasteiger partial charge in [-0.3, -0.25) is 0 Å². The van der Waals surface area contributed by atoms with E-state index in [9.17, 15) is 23.1 Å². The van der Waals surface area contributed by atoms with E-state index < -0.39 is 23.3 Å². The molecule has 0 unspecified atom stereocenters. The van der Waals surface area contributed by atoms with Crippen LogP contribution in [0.15, 0.2) is 30.9 Å². The van der Waals surface area contributed by atoms with E-state index in [2.05, 4.69) is 11.3 Å². The van der Waals surface area contributed by atoms with Gasteiger partial charge in [-0.25, -0.2) is 4.79 Å². The molecule has 1 aromatic carbocycles. The van der Waals surface area contributed by atoms with Crippen LogP contribution in [-0.2, 0) is 15.1 Å². The molecular weight excluding hydrogens is 301 g/mol. The molecule has 0 heterocycles. The average Bonchev–Trinajstić information content (AvgIpc) is 2.44. The van der Waals surface area contributed by atoms with Crippen molar-refractivity contribution in [2.24, 2.45) is 0 Å². The molecule has 1 rings (SSSR count). The predicted molar refractivity (Wildman–Crippen MR) is 73.5 cm³/mol. The second kappa shape index (κ2) is 6.83. The maximum atomic E-state index is 13.2. The molecule has 0 fully saturated rings. The van der Waals surface area contributed by atoms with Gasteiger partial charge < -0.3 is 14.6 Å². The highest BCUT2D eigenvalue weighted by atomic mass is 19.4. The van der Waals surface area contributed by atoms with E-state index in [4.69, 9.17) is 4.74 Å². The molecule has 0 aromatic heterocycles. The Labute approximate surface area is 126 Å². The molecular formula is C15H17F3O4. The van der Waals surface area contributed by atoms with Gasteiger partial charge in [0.15, 0.2) is 0 Å². The zero-order valence-corrected chi connectivity index (χ0v) is 12.2. The largest absolute Gasteiger partial charge is 0.489 e. The molecule has 0 aliphatic carbocycles. The molecule has 1 atom stereocenters. The van der Waals surface area contributed by atoms with Gasteiger partial charge in [0, 0.05) is 5.56 Å². The van der Waals surface area contributed by atoms with E-state index in [1.54, 1.807) is 0 Å². The molecule has 7 heteroatoms. The highest BCUT2D eigenvalue weighted by molar-refractivity contribution is 5.82.